The van der Waals surface area contributed by atoms with Crippen molar-refractivity contribution in [1.29, 1.82) is 0 Å². The minimum Gasteiger partial charge on any atom is -0.452 e. The number of carbonyl (C=O) groups is 2. The first kappa shape index (κ1) is 22.3. The first-order valence-electron chi connectivity index (χ1n) is 9.22. The molecule has 1 amide bonds. The van der Waals surface area contributed by atoms with Crippen LogP contribution in [0, 0.1) is 5.92 Å². The van der Waals surface area contributed by atoms with Crippen LogP contribution in [0.15, 0.2) is 29.2 Å². The van der Waals surface area contributed by atoms with Crippen LogP contribution in [0.5, 0.6) is 0 Å². The van der Waals surface area contributed by atoms with E-state index in [4.69, 9.17) is 9.57 Å². The highest BCUT2D eigenvalue weighted by Crippen LogP contribution is 2.26. The molecule has 0 N–H and O–H groups in total. The molecule has 0 heterocycles. The second-order valence-electron chi connectivity index (χ2n) is 7.12. The van der Waals surface area contributed by atoms with Crippen molar-refractivity contribution in [1.82, 2.24) is 9.37 Å². The van der Waals surface area contributed by atoms with Gasteiger partial charge in [0.15, 0.2) is 6.61 Å². The SMILES string of the molecule is CON(C)S(=O)(=O)c1ccc(C(=O)OCC(=O)N(C)C2CCC(C)CC2)cc1. The predicted octanol–water partition coefficient (Wildman–Crippen LogP) is 2.06. The summed E-state index contributed by atoms with van der Waals surface area (Å²) < 4.78 is 30.1. The van der Waals surface area contributed by atoms with Crippen molar-refractivity contribution in [3.8, 4) is 0 Å². The summed E-state index contributed by atoms with van der Waals surface area (Å²) in [6, 6.07) is 5.45. The molecule has 1 aromatic carbocycles. The summed E-state index contributed by atoms with van der Waals surface area (Å²) in [7, 11) is 0.464. The zero-order valence-electron chi connectivity index (χ0n) is 16.8. The first-order chi connectivity index (χ1) is 13.2. The molecule has 1 saturated carbocycles. The molecule has 0 bridgehead atoms. The molecule has 0 aromatic heterocycles. The maximum atomic E-state index is 12.3. The Hall–Kier alpha value is -1.97. The number of hydroxylamine groups is 1. The second-order valence-corrected chi connectivity index (χ2v) is 9.05. The zero-order chi connectivity index (χ0) is 20.9. The Balaban J connectivity index is 1.91. The number of amides is 1. The summed E-state index contributed by atoms with van der Waals surface area (Å²) in [5.74, 6) is -0.232. The van der Waals surface area contributed by atoms with Crippen molar-refractivity contribution in [3.63, 3.8) is 0 Å². The van der Waals surface area contributed by atoms with E-state index in [1.165, 1.54) is 38.4 Å². The number of sulfonamides is 1. The van der Waals surface area contributed by atoms with Crippen LogP contribution in [0.1, 0.15) is 43.0 Å². The van der Waals surface area contributed by atoms with Crippen molar-refractivity contribution in [3.05, 3.63) is 29.8 Å². The monoisotopic (exact) mass is 412 g/mol. The lowest BCUT2D eigenvalue weighted by Gasteiger charge is -2.33. The molecule has 28 heavy (non-hydrogen) atoms. The van der Waals surface area contributed by atoms with Gasteiger partial charge >= 0.3 is 5.97 Å². The topological polar surface area (TPSA) is 93.2 Å². The second kappa shape index (κ2) is 9.49. The highest BCUT2D eigenvalue weighted by Gasteiger charge is 2.26. The summed E-state index contributed by atoms with van der Waals surface area (Å²) in [5.41, 5.74) is 0.168. The number of carbonyl (C=O) groups excluding carboxylic acids is 2. The predicted molar refractivity (Wildman–Crippen MR) is 103 cm³/mol. The molecule has 156 valence electrons. The van der Waals surface area contributed by atoms with Gasteiger partial charge in [-0.1, -0.05) is 11.4 Å². The maximum Gasteiger partial charge on any atom is 0.338 e. The molecule has 0 atom stereocenters. The molecule has 1 aromatic rings. The largest absolute Gasteiger partial charge is 0.452 e. The number of hydrogen-bond donors (Lipinski definition) is 0. The number of likely N-dealkylation sites (N-methyl/N-ethyl adjacent to an activating group) is 1. The molecule has 0 spiro atoms. The Bertz CT molecular complexity index is 785. The summed E-state index contributed by atoms with van der Waals surface area (Å²) in [4.78, 5) is 30.8. The minimum absolute atomic E-state index is 0.0178. The van der Waals surface area contributed by atoms with Gasteiger partial charge in [0.05, 0.1) is 17.6 Å². The van der Waals surface area contributed by atoms with E-state index in [1.807, 2.05) is 0 Å². The van der Waals surface area contributed by atoms with Crippen molar-refractivity contribution in [2.45, 2.75) is 43.5 Å². The Morgan fingerprint density at radius 1 is 1.07 bits per heavy atom. The summed E-state index contributed by atoms with van der Waals surface area (Å²) in [5, 5.41) is 0. The Kier molecular flexibility index (Phi) is 7.56. The molecule has 1 aliphatic rings. The van der Waals surface area contributed by atoms with Gasteiger partial charge in [-0.3, -0.25) is 9.63 Å². The number of rotatable bonds is 7. The van der Waals surface area contributed by atoms with Crippen LogP contribution >= 0.6 is 0 Å². The molecule has 0 aliphatic heterocycles. The number of nitrogens with zero attached hydrogens (tertiary/aromatic N) is 2. The standard InChI is InChI=1S/C19H28N2O6S/c1-14-5-9-16(10-6-14)20(2)18(22)13-27-19(23)15-7-11-17(12-8-15)28(24,25)21(3)26-4/h7-8,11-12,14,16H,5-6,9-10,13H2,1-4H3. The van der Waals surface area contributed by atoms with Gasteiger partial charge in [0.2, 0.25) is 0 Å². The fourth-order valence-electron chi connectivity index (χ4n) is 3.16. The maximum absolute atomic E-state index is 12.3. The minimum atomic E-state index is -3.79. The molecule has 1 aliphatic carbocycles. The van der Waals surface area contributed by atoms with Gasteiger partial charge < -0.3 is 9.64 Å². The van der Waals surface area contributed by atoms with Crippen LogP contribution in [0.2, 0.25) is 0 Å². The van der Waals surface area contributed by atoms with Gasteiger partial charge in [0.25, 0.3) is 15.9 Å². The third-order valence-electron chi connectivity index (χ3n) is 5.24. The van der Waals surface area contributed by atoms with Crippen LogP contribution < -0.4 is 0 Å². The molecule has 1 fully saturated rings. The summed E-state index contributed by atoms with van der Waals surface area (Å²) in [6.45, 7) is 1.87. The number of benzene rings is 1. The van der Waals surface area contributed by atoms with E-state index >= 15 is 0 Å². The van der Waals surface area contributed by atoms with Gasteiger partial charge in [0.1, 0.15) is 0 Å². The molecule has 0 saturated heterocycles. The Labute approximate surface area is 166 Å². The van der Waals surface area contributed by atoms with Gasteiger partial charge in [0, 0.05) is 20.1 Å². The van der Waals surface area contributed by atoms with Gasteiger partial charge in [-0.05, 0) is 55.9 Å². The number of hydrogen-bond acceptors (Lipinski definition) is 6. The average molecular weight is 413 g/mol. The van der Waals surface area contributed by atoms with Gasteiger partial charge in [-0.2, -0.15) is 0 Å². The molecule has 2 rings (SSSR count). The van der Waals surface area contributed by atoms with Crippen LogP contribution in [-0.2, 0) is 24.4 Å². The number of ether oxygens (including phenoxy) is 1. The van der Waals surface area contributed by atoms with E-state index in [-0.39, 0.29) is 29.0 Å². The molecule has 0 radical (unpaired) electrons. The van der Waals surface area contributed by atoms with Crippen molar-refractivity contribution in [2.24, 2.45) is 5.92 Å². The lowest BCUT2D eigenvalue weighted by atomic mass is 9.87. The lowest BCUT2D eigenvalue weighted by Crippen LogP contribution is -2.41. The quantitative estimate of drug-likeness (QED) is 0.503. The summed E-state index contributed by atoms with van der Waals surface area (Å²) >= 11 is 0. The highest BCUT2D eigenvalue weighted by molar-refractivity contribution is 7.89. The summed E-state index contributed by atoms with van der Waals surface area (Å²) in [6.07, 6.45) is 4.11. The van der Waals surface area contributed by atoms with E-state index in [0.29, 0.717) is 5.92 Å². The van der Waals surface area contributed by atoms with Crippen molar-refractivity contribution in [2.75, 3.05) is 27.8 Å². The third-order valence-corrected chi connectivity index (χ3v) is 6.93. The van der Waals surface area contributed by atoms with Crippen LogP contribution in [0.4, 0.5) is 0 Å². The van der Waals surface area contributed by atoms with Crippen molar-refractivity contribution < 1.29 is 27.6 Å². The van der Waals surface area contributed by atoms with E-state index in [1.54, 1.807) is 11.9 Å². The number of esters is 1. The average Bonchev–Trinajstić information content (AvgIpc) is 2.71. The van der Waals surface area contributed by atoms with Gasteiger partial charge in [-0.25, -0.2) is 13.2 Å². The van der Waals surface area contributed by atoms with Crippen LogP contribution in [0.3, 0.4) is 0 Å². The highest BCUT2D eigenvalue weighted by atomic mass is 32.2. The van der Waals surface area contributed by atoms with E-state index < -0.39 is 16.0 Å². The van der Waals surface area contributed by atoms with Crippen molar-refractivity contribution >= 4 is 21.9 Å². The fraction of sp³-hybridized carbons (Fsp3) is 0.579. The third kappa shape index (κ3) is 5.30. The zero-order valence-corrected chi connectivity index (χ0v) is 17.6. The molecular formula is C19H28N2O6S. The molecule has 9 heteroatoms. The van der Waals surface area contributed by atoms with Gasteiger partial charge in [-0.15, -0.1) is 0 Å². The molecular weight excluding hydrogens is 384 g/mol. The molecule has 8 nitrogen and oxygen atoms in total. The van der Waals surface area contributed by atoms with Crippen LogP contribution in [0.25, 0.3) is 0 Å². The Morgan fingerprint density at radius 2 is 1.64 bits per heavy atom. The van der Waals surface area contributed by atoms with Crippen LogP contribution in [-0.4, -0.2) is 63.5 Å². The smallest absolute Gasteiger partial charge is 0.338 e. The van der Waals surface area contributed by atoms with E-state index in [2.05, 4.69) is 6.92 Å². The van der Waals surface area contributed by atoms with E-state index in [9.17, 15) is 18.0 Å². The van der Waals surface area contributed by atoms with E-state index in [0.717, 1.165) is 30.2 Å². The lowest BCUT2D eigenvalue weighted by molar-refractivity contribution is -0.136. The first-order valence-corrected chi connectivity index (χ1v) is 10.7. The fourth-order valence-corrected chi connectivity index (χ4v) is 4.13. The molecule has 0 unspecified atom stereocenters. The normalized spacial score (nSPS) is 20.0. The Morgan fingerprint density at radius 3 is 2.18 bits per heavy atom.